The first-order valence-corrected chi connectivity index (χ1v) is 7.97. The monoisotopic (exact) mass is 269 g/mol. The second-order valence-corrected chi connectivity index (χ2v) is 5.30. The van der Waals surface area contributed by atoms with E-state index in [1.165, 1.54) is 12.8 Å². The van der Waals surface area contributed by atoms with Gasteiger partial charge in [0.1, 0.15) is 0 Å². The third-order valence-corrected chi connectivity index (χ3v) is 4.10. The average molecular weight is 269 g/mol. The van der Waals surface area contributed by atoms with Gasteiger partial charge in [-0.3, -0.25) is 4.79 Å². The predicted octanol–water partition coefficient (Wildman–Crippen LogP) is 1.71. The predicted molar refractivity (Wildman–Crippen MR) is 80.3 cm³/mol. The van der Waals surface area contributed by atoms with Crippen LogP contribution in [0.4, 0.5) is 0 Å². The Hall–Kier alpha value is -0.610. The molecule has 1 N–H and O–H groups in total. The number of nitrogens with one attached hydrogen (secondary N) is 1. The summed E-state index contributed by atoms with van der Waals surface area (Å²) in [6.07, 6.45) is 4.47. The molecule has 1 aliphatic heterocycles. The van der Waals surface area contributed by atoms with Crippen LogP contribution < -0.4 is 5.32 Å². The SMILES string of the molecule is CCN(CC)CCCN(CC)C(=O)[C@@H]1CCCCN1. The number of likely N-dealkylation sites (N-methyl/N-ethyl adjacent to an activating group) is 1. The Morgan fingerprint density at radius 3 is 2.37 bits per heavy atom. The molecule has 0 aromatic rings. The molecule has 19 heavy (non-hydrogen) atoms. The van der Waals surface area contributed by atoms with Crippen LogP contribution >= 0.6 is 0 Å². The van der Waals surface area contributed by atoms with Gasteiger partial charge in [-0.2, -0.15) is 0 Å². The number of carbonyl (C=O) groups excluding carboxylic acids is 1. The second kappa shape index (κ2) is 9.32. The van der Waals surface area contributed by atoms with E-state index in [0.29, 0.717) is 5.91 Å². The highest BCUT2D eigenvalue weighted by atomic mass is 16.2. The van der Waals surface area contributed by atoms with E-state index in [9.17, 15) is 4.79 Å². The molecular formula is C15H31N3O. The quantitative estimate of drug-likeness (QED) is 0.728. The minimum atomic E-state index is 0.0714. The van der Waals surface area contributed by atoms with Crippen LogP contribution in [0.2, 0.25) is 0 Å². The molecule has 0 radical (unpaired) electrons. The summed E-state index contributed by atoms with van der Waals surface area (Å²) in [4.78, 5) is 16.8. The lowest BCUT2D eigenvalue weighted by atomic mass is 10.0. The van der Waals surface area contributed by atoms with Gasteiger partial charge in [-0.15, -0.1) is 0 Å². The van der Waals surface area contributed by atoms with E-state index in [-0.39, 0.29) is 6.04 Å². The van der Waals surface area contributed by atoms with Gasteiger partial charge in [-0.25, -0.2) is 0 Å². The summed E-state index contributed by atoms with van der Waals surface area (Å²) in [5.41, 5.74) is 0. The summed E-state index contributed by atoms with van der Waals surface area (Å²) in [5.74, 6) is 0.307. The van der Waals surface area contributed by atoms with Gasteiger partial charge in [0.15, 0.2) is 0 Å². The van der Waals surface area contributed by atoms with Gasteiger partial charge >= 0.3 is 0 Å². The van der Waals surface area contributed by atoms with Crippen molar-refractivity contribution in [1.29, 1.82) is 0 Å². The van der Waals surface area contributed by atoms with Crippen molar-refractivity contribution in [3.8, 4) is 0 Å². The molecule has 0 spiro atoms. The van der Waals surface area contributed by atoms with Crippen molar-refractivity contribution >= 4 is 5.91 Å². The molecule has 0 aromatic heterocycles. The van der Waals surface area contributed by atoms with Gasteiger partial charge in [-0.05, 0) is 52.4 Å². The van der Waals surface area contributed by atoms with E-state index in [2.05, 4.69) is 31.0 Å². The molecule has 1 amide bonds. The Morgan fingerprint density at radius 1 is 1.11 bits per heavy atom. The van der Waals surface area contributed by atoms with Crippen LogP contribution in [0.15, 0.2) is 0 Å². The summed E-state index contributed by atoms with van der Waals surface area (Å²) in [5, 5.41) is 3.35. The number of amides is 1. The molecule has 1 heterocycles. The van der Waals surface area contributed by atoms with Crippen molar-refractivity contribution in [2.75, 3.05) is 39.3 Å². The third kappa shape index (κ3) is 5.49. The lowest BCUT2D eigenvalue weighted by Gasteiger charge is -2.30. The summed E-state index contributed by atoms with van der Waals surface area (Å²) in [7, 11) is 0. The molecular weight excluding hydrogens is 238 g/mol. The molecule has 1 saturated heterocycles. The van der Waals surface area contributed by atoms with Crippen molar-refractivity contribution < 1.29 is 4.79 Å². The largest absolute Gasteiger partial charge is 0.342 e. The van der Waals surface area contributed by atoms with Gasteiger partial charge in [-0.1, -0.05) is 20.3 Å². The topological polar surface area (TPSA) is 35.6 Å². The molecule has 1 aliphatic rings. The number of piperidine rings is 1. The highest BCUT2D eigenvalue weighted by molar-refractivity contribution is 5.81. The minimum Gasteiger partial charge on any atom is -0.342 e. The Bertz CT molecular complexity index is 248. The molecule has 1 rings (SSSR count). The maximum atomic E-state index is 12.4. The maximum absolute atomic E-state index is 12.4. The minimum absolute atomic E-state index is 0.0714. The van der Waals surface area contributed by atoms with Gasteiger partial charge in [0, 0.05) is 13.1 Å². The van der Waals surface area contributed by atoms with Crippen LogP contribution in [0.1, 0.15) is 46.5 Å². The first kappa shape index (κ1) is 16.4. The number of carbonyl (C=O) groups is 1. The fraction of sp³-hybridized carbons (Fsp3) is 0.933. The normalized spacial score (nSPS) is 19.7. The van der Waals surface area contributed by atoms with E-state index >= 15 is 0 Å². The Morgan fingerprint density at radius 2 is 1.84 bits per heavy atom. The fourth-order valence-corrected chi connectivity index (χ4v) is 2.73. The lowest BCUT2D eigenvalue weighted by molar-refractivity contribution is -0.133. The Balaban J connectivity index is 2.33. The van der Waals surface area contributed by atoms with E-state index < -0.39 is 0 Å². The average Bonchev–Trinajstić information content (AvgIpc) is 2.48. The van der Waals surface area contributed by atoms with Crippen molar-refractivity contribution in [1.82, 2.24) is 15.1 Å². The third-order valence-electron chi connectivity index (χ3n) is 4.10. The zero-order chi connectivity index (χ0) is 14.1. The van der Waals surface area contributed by atoms with Crippen molar-refractivity contribution in [2.45, 2.75) is 52.5 Å². The number of hydrogen-bond donors (Lipinski definition) is 1. The van der Waals surface area contributed by atoms with Gasteiger partial charge in [0.2, 0.25) is 5.91 Å². The molecule has 0 bridgehead atoms. The zero-order valence-corrected chi connectivity index (χ0v) is 13.0. The van der Waals surface area contributed by atoms with E-state index in [4.69, 9.17) is 0 Å². The van der Waals surface area contributed by atoms with Crippen LogP contribution in [0.3, 0.4) is 0 Å². The van der Waals surface area contributed by atoms with Crippen molar-refractivity contribution in [3.05, 3.63) is 0 Å². The molecule has 0 unspecified atom stereocenters. The molecule has 0 aliphatic carbocycles. The van der Waals surface area contributed by atoms with Crippen LogP contribution in [0, 0.1) is 0 Å². The van der Waals surface area contributed by atoms with Gasteiger partial charge in [0.25, 0.3) is 0 Å². The van der Waals surface area contributed by atoms with Crippen LogP contribution in [-0.2, 0) is 4.79 Å². The van der Waals surface area contributed by atoms with Crippen LogP contribution in [0.5, 0.6) is 0 Å². The van der Waals surface area contributed by atoms with Crippen LogP contribution in [0.25, 0.3) is 0 Å². The number of rotatable bonds is 8. The van der Waals surface area contributed by atoms with Gasteiger partial charge in [0.05, 0.1) is 6.04 Å². The van der Waals surface area contributed by atoms with E-state index in [1.54, 1.807) is 0 Å². The highest BCUT2D eigenvalue weighted by Crippen LogP contribution is 2.10. The lowest BCUT2D eigenvalue weighted by Crippen LogP contribution is -2.49. The molecule has 0 aromatic carbocycles. The summed E-state index contributed by atoms with van der Waals surface area (Å²) >= 11 is 0. The Labute approximate surface area is 118 Å². The van der Waals surface area contributed by atoms with Crippen molar-refractivity contribution in [2.24, 2.45) is 0 Å². The molecule has 0 saturated carbocycles. The molecule has 112 valence electrons. The smallest absolute Gasteiger partial charge is 0.239 e. The molecule has 4 nitrogen and oxygen atoms in total. The standard InChI is InChI=1S/C15H31N3O/c1-4-17(5-2)12-9-13-18(6-3)15(19)14-10-7-8-11-16-14/h14,16H,4-13H2,1-3H3/t14-/m0/s1. The van der Waals surface area contributed by atoms with Crippen molar-refractivity contribution in [3.63, 3.8) is 0 Å². The summed E-state index contributed by atoms with van der Waals surface area (Å²) in [6.45, 7) is 12.5. The second-order valence-electron chi connectivity index (χ2n) is 5.30. The molecule has 1 fully saturated rings. The molecule has 1 atom stereocenters. The number of nitrogens with zero attached hydrogens (tertiary/aromatic N) is 2. The van der Waals surface area contributed by atoms with E-state index in [1.807, 2.05) is 4.90 Å². The zero-order valence-electron chi connectivity index (χ0n) is 13.0. The highest BCUT2D eigenvalue weighted by Gasteiger charge is 2.24. The maximum Gasteiger partial charge on any atom is 0.239 e. The fourth-order valence-electron chi connectivity index (χ4n) is 2.73. The van der Waals surface area contributed by atoms with Gasteiger partial charge < -0.3 is 15.1 Å². The van der Waals surface area contributed by atoms with E-state index in [0.717, 1.165) is 52.1 Å². The molecule has 4 heteroatoms. The first-order valence-electron chi connectivity index (χ1n) is 7.97. The number of hydrogen-bond acceptors (Lipinski definition) is 3. The summed E-state index contributed by atoms with van der Waals surface area (Å²) < 4.78 is 0. The van der Waals surface area contributed by atoms with Crippen LogP contribution in [-0.4, -0.2) is 61.0 Å². The first-order chi connectivity index (χ1) is 9.22. The summed E-state index contributed by atoms with van der Waals surface area (Å²) in [6, 6.07) is 0.0714. The Kier molecular flexibility index (Phi) is 8.07.